The van der Waals surface area contributed by atoms with E-state index in [0.717, 1.165) is 19.3 Å². The minimum absolute atomic E-state index is 0.0543. The van der Waals surface area contributed by atoms with Crippen molar-refractivity contribution in [2.24, 2.45) is 0 Å². The molecular weight excluding hydrogens is 248 g/mol. The Morgan fingerprint density at radius 2 is 2.06 bits per heavy atom. The first-order chi connectivity index (χ1) is 7.49. The van der Waals surface area contributed by atoms with Crippen LogP contribution in [-0.2, 0) is 10.0 Å². The van der Waals surface area contributed by atoms with Gasteiger partial charge in [0.05, 0.1) is 5.02 Å². The summed E-state index contributed by atoms with van der Waals surface area (Å²) in [5.74, 6) is 0. The molecule has 0 heterocycles. The van der Waals surface area contributed by atoms with Gasteiger partial charge in [0.2, 0.25) is 10.0 Å². The molecular formula is C10H13ClN2O2S. The van der Waals surface area contributed by atoms with E-state index >= 15 is 0 Å². The Hall–Kier alpha value is -0.780. The van der Waals surface area contributed by atoms with Crippen LogP contribution in [0.5, 0.6) is 0 Å². The van der Waals surface area contributed by atoms with Gasteiger partial charge in [0.25, 0.3) is 0 Å². The predicted molar refractivity (Wildman–Crippen MR) is 63.8 cm³/mol. The van der Waals surface area contributed by atoms with Gasteiger partial charge in [0.1, 0.15) is 4.90 Å². The fourth-order valence-electron chi connectivity index (χ4n) is 1.54. The number of benzene rings is 1. The second-order valence-electron chi connectivity index (χ2n) is 3.94. The van der Waals surface area contributed by atoms with Gasteiger partial charge in [-0.1, -0.05) is 18.0 Å². The molecule has 6 heteroatoms. The largest absolute Gasteiger partial charge is 0.399 e. The van der Waals surface area contributed by atoms with E-state index < -0.39 is 10.0 Å². The summed E-state index contributed by atoms with van der Waals surface area (Å²) >= 11 is 5.86. The van der Waals surface area contributed by atoms with Gasteiger partial charge in [0, 0.05) is 11.7 Å². The molecule has 3 N–H and O–H groups in total. The fraction of sp³-hybridized carbons (Fsp3) is 0.400. The molecule has 16 heavy (non-hydrogen) atoms. The third kappa shape index (κ3) is 2.31. The molecule has 0 aromatic heterocycles. The summed E-state index contributed by atoms with van der Waals surface area (Å²) in [5, 5.41) is 0.159. The normalized spacial score (nSPS) is 17.1. The van der Waals surface area contributed by atoms with Gasteiger partial charge in [0.15, 0.2) is 0 Å². The molecule has 1 aromatic carbocycles. The molecule has 0 radical (unpaired) electrons. The summed E-state index contributed by atoms with van der Waals surface area (Å²) in [6.07, 6.45) is 2.86. The maximum Gasteiger partial charge on any atom is 0.242 e. The molecule has 1 fully saturated rings. The van der Waals surface area contributed by atoms with Crippen molar-refractivity contribution >= 4 is 27.3 Å². The maximum atomic E-state index is 11.9. The SMILES string of the molecule is Nc1ccc(S(=O)(=O)NC2CCC2)c(Cl)c1. The molecule has 0 atom stereocenters. The number of nitrogens with two attached hydrogens (primary N) is 1. The van der Waals surface area contributed by atoms with Crippen LogP contribution in [0.2, 0.25) is 5.02 Å². The second kappa shape index (κ2) is 4.24. The topological polar surface area (TPSA) is 72.2 Å². The number of nitrogens with one attached hydrogen (secondary N) is 1. The van der Waals surface area contributed by atoms with Gasteiger partial charge in [-0.2, -0.15) is 0 Å². The molecule has 0 aliphatic heterocycles. The quantitative estimate of drug-likeness (QED) is 0.814. The third-order valence-corrected chi connectivity index (χ3v) is 4.68. The standard InChI is InChI=1S/C10H13ClN2O2S/c11-9-6-7(12)4-5-10(9)16(14,15)13-8-2-1-3-8/h4-6,8,13H,1-3,12H2. The first kappa shape index (κ1) is 11.7. The second-order valence-corrected chi connectivity index (χ2v) is 6.03. The number of halogens is 1. The number of anilines is 1. The zero-order chi connectivity index (χ0) is 11.8. The number of hydrogen-bond acceptors (Lipinski definition) is 3. The number of hydrogen-bond donors (Lipinski definition) is 2. The van der Waals surface area contributed by atoms with Crippen molar-refractivity contribution in [3.63, 3.8) is 0 Å². The molecule has 4 nitrogen and oxygen atoms in total. The lowest BCUT2D eigenvalue weighted by molar-refractivity contribution is 0.383. The van der Waals surface area contributed by atoms with Crippen LogP contribution < -0.4 is 10.5 Å². The lowest BCUT2D eigenvalue weighted by atomic mass is 9.94. The van der Waals surface area contributed by atoms with Crippen molar-refractivity contribution in [1.82, 2.24) is 4.72 Å². The Balaban J connectivity index is 2.27. The third-order valence-electron chi connectivity index (χ3n) is 2.67. The highest BCUT2D eigenvalue weighted by atomic mass is 35.5. The van der Waals surface area contributed by atoms with E-state index in [9.17, 15) is 8.42 Å². The molecule has 88 valence electrons. The molecule has 0 spiro atoms. The zero-order valence-corrected chi connectivity index (χ0v) is 10.2. The maximum absolute atomic E-state index is 11.9. The highest BCUT2D eigenvalue weighted by Gasteiger charge is 2.26. The van der Waals surface area contributed by atoms with E-state index in [-0.39, 0.29) is 16.0 Å². The van der Waals surface area contributed by atoms with Crippen LogP contribution in [0.25, 0.3) is 0 Å². The monoisotopic (exact) mass is 260 g/mol. The average molecular weight is 261 g/mol. The van der Waals surface area contributed by atoms with Crippen LogP contribution in [0.3, 0.4) is 0 Å². The van der Waals surface area contributed by atoms with Gasteiger partial charge in [-0.25, -0.2) is 13.1 Å². The fourth-order valence-corrected chi connectivity index (χ4v) is 3.40. The highest BCUT2D eigenvalue weighted by Crippen LogP contribution is 2.26. The average Bonchev–Trinajstić information content (AvgIpc) is 2.11. The van der Waals surface area contributed by atoms with Crippen LogP contribution in [0.15, 0.2) is 23.1 Å². The predicted octanol–water partition coefficient (Wildman–Crippen LogP) is 1.75. The van der Waals surface area contributed by atoms with Crippen LogP contribution in [0, 0.1) is 0 Å². The van der Waals surface area contributed by atoms with Crippen molar-refractivity contribution in [3.05, 3.63) is 23.2 Å². The smallest absolute Gasteiger partial charge is 0.242 e. The Labute approximate surface area is 99.8 Å². The Morgan fingerprint density at radius 3 is 2.56 bits per heavy atom. The van der Waals surface area contributed by atoms with E-state index in [1.807, 2.05) is 0 Å². The van der Waals surface area contributed by atoms with Crippen molar-refractivity contribution in [2.75, 3.05) is 5.73 Å². The Kier molecular flexibility index (Phi) is 3.10. The van der Waals surface area contributed by atoms with Gasteiger partial charge < -0.3 is 5.73 Å². The lowest BCUT2D eigenvalue weighted by Crippen LogP contribution is -2.39. The van der Waals surface area contributed by atoms with E-state index in [1.54, 1.807) is 0 Å². The van der Waals surface area contributed by atoms with Crippen LogP contribution in [-0.4, -0.2) is 14.5 Å². The lowest BCUT2D eigenvalue weighted by Gasteiger charge is -2.26. The summed E-state index contributed by atoms with van der Waals surface area (Å²) in [5.41, 5.74) is 5.96. The van der Waals surface area contributed by atoms with Gasteiger partial charge >= 0.3 is 0 Å². The number of sulfonamides is 1. The van der Waals surface area contributed by atoms with Gasteiger partial charge in [-0.05, 0) is 31.0 Å². The molecule has 0 saturated heterocycles. The molecule has 1 aliphatic rings. The van der Waals surface area contributed by atoms with Gasteiger partial charge in [-0.3, -0.25) is 0 Å². The molecule has 0 unspecified atom stereocenters. The molecule has 2 rings (SSSR count). The van der Waals surface area contributed by atoms with E-state index in [4.69, 9.17) is 17.3 Å². The van der Waals surface area contributed by atoms with Crippen LogP contribution in [0.4, 0.5) is 5.69 Å². The molecule has 0 bridgehead atoms. The first-order valence-electron chi connectivity index (χ1n) is 5.06. The zero-order valence-electron chi connectivity index (χ0n) is 8.61. The minimum Gasteiger partial charge on any atom is -0.399 e. The van der Waals surface area contributed by atoms with Crippen molar-refractivity contribution in [2.45, 2.75) is 30.2 Å². The van der Waals surface area contributed by atoms with Crippen LogP contribution in [0.1, 0.15) is 19.3 Å². The minimum atomic E-state index is -3.51. The number of rotatable bonds is 3. The first-order valence-corrected chi connectivity index (χ1v) is 6.92. The van der Waals surface area contributed by atoms with Crippen LogP contribution >= 0.6 is 11.6 Å². The highest BCUT2D eigenvalue weighted by molar-refractivity contribution is 7.89. The Bertz CT molecular complexity index is 498. The summed E-state index contributed by atoms with van der Waals surface area (Å²) in [6.45, 7) is 0. The van der Waals surface area contributed by atoms with E-state index in [1.165, 1.54) is 18.2 Å². The van der Waals surface area contributed by atoms with E-state index in [0.29, 0.717) is 5.69 Å². The van der Waals surface area contributed by atoms with Crippen molar-refractivity contribution in [3.8, 4) is 0 Å². The summed E-state index contributed by atoms with van der Waals surface area (Å²) in [7, 11) is -3.51. The van der Waals surface area contributed by atoms with Gasteiger partial charge in [-0.15, -0.1) is 0 Å². The summed E-state index contributed by atoms with van der Waals surface area (Å²) < 4.78 is 26.5. The molecule has 1 aromatic rings. The van der Waals surface area contributed by atoms with Crippen molar-refractivity contribution < 1.29 is 8.42 Å². The summed E-state index contributed by atoms with van der Waals surface area (Å²) in [4.78, 5) is 0.0928. The molecule has 0 amide bonds. The molecule has 1 aliphatic carbocycles. The van der Waals surface area contributed by atoms with E-state index in [2.05, 4.69) is 4.72 Å². The molecule has 1 saturated carbocycles. The summed E-state index contributed by atoms with van der Waals surface area (Å²) in [6, 6.07) is 4.45. The van der Waals surface area contributed by atoms with Crippen molar-refractivity contribution in [1.29, 1.82) is 0 Å². The number of nitrogen functional groups attached to an aromatic ring is 1. The Morgan fingerprint density at radius 1 is 1.38 bits per heavy atom.